The molecule has 25 heavy (non-hydrogen) atoms. The van der Waals surface area contributed by atoms with E-state index in [0.717, 1.165) is 41.2 Å². The molecule has 0 spiro atoms. The van der Waals surface area contributed by atoms with E-state index in [9.17, 15) is 9.90 Å². The molecule has 4 nitrogen and oxygen atoms in total. The number of aliphatic carboxylic acids is 1. The summed E-state index contributed by atoms with van der Waals surface area (Å²) in [6.07, 6.45) is 5.62. The van der Waals surface area contributed by atoms with E-state index in [0.29, 0.717) is 0 Å². The van der Waals surface area contributed by atoms with Crippen LogP contribution in [0.15, 0.2) is 18.2 Å². The Bertz CT molecular complexity index is 968. The van der Waals surface area contributed by atoms with Crippen molar-refractivity contribution < 1.29 is 9.90 Å². The molecule has 0 unspecified atom stereocenters. The lowest BCUT2D eigenvalue weighted by Crippen LogP contribution is -2.07. The average molecular weight is 354 g/mol. The number of aryl methyl sites for hydroxylation is 4. The van der Waals surface area contributed by atoms with Gasteiger partial charge in [0.2, 0.25) is 0 Å². The average Bonchev–Trinajstić information content (AvgIpc) is 3.09. The number of carbonyl (C=O) groups is 1. The highest BCUT2D eigenvalue weighted by atomic mass is 32.1. The number of thiazole rings is 1. The molecule has 3 aromatic rings. The summed E-state index contributed by atoms with van der Waals surface area (Å²) >= 11 is 1.65. The highest BCUT2D eigenvalue weighted by Crippen LogP contribution is 2.33. The van der Waals surface area contributed by atoms with Crippen LogP contribution in [0.3, 0.4) is 0 Å². The van der Waals surface area contributed by atoms with Gasteiger partial charge in [0, 0.05) is 16.1 Å². The Labute approximate surface area is 151 Å². The van der Waals surface area contributed by atoms with Crippen molar-refractivity contribution in [2.45, 2.75) is 52.4 Å². The van der Waals surface area contributed by atoms with Crippen molar-refractivity contribution in [2.75, 3.05) is 0 Å². The monoisotopic (exact) mass is 354 g/mol. The SMILES string of the molecule is CCc1c(C)sc2nc(-c3ccc4c(c3)CCCC4)c(CC(=O)O)n12. The van der Waals surface area contributed by atoms with Crippen LogP contribution in [-0.2, 0) is 30.5 Å². The van der Waals surface area contributed by atoms with Crippen LogP contribution >= 0.6 is 11.3 Å². The summed E-state index contributed by atoms with van der Waals surface area (Å²) in [5.41, 5.74) is 6.69. The molecular formula is C20H22N2O2S. The van der Waals surface area contributed by atoms with Crippen molar-refractivity contribution in [2.24, 2.45) is 0 Å². The molecule has 0 amide bonds. The lowest BCUT2D eigenvalue weighted by molar-refractivity contribution is -0.136. The van der Waals surface area contributed by atoms with Gasteiger partial charge in [-0.25, -0.2) is 4.98 Å². The third-order valence-electron chi connectivity index (χ3n) is 5.14. The molecule has 0 saturated heterocycles. The first kappa shape index (κ1) is 16.3. The smallest absolute Gasteiger partial charge is 0.309 e. The molecule has 0 fully saturated rings. The van der Waals surface area contributed by atoms with Crippen LogP contribution < -0.4 is 0 Å². The van der Waals surface area contributed by atoms with Gasteiger partial charge in [-0.1, -0.05) is 19.1 Å². The van der Waals surface area contributed by atoms with Gasteiger partial charge in [-0.05, 0) is 56.2 Å². The van der Waals surface area contributed by atoms with Crippen molar-refractivity contribution >= 4 is 22.3 Å². The lowest BCUT2D eigenvalue weighted by Gasteiger charge is -2.16. The van der Waals surface area contributed by atoms with E-state index in [4.69, 9.17) is 4.98 Å². The summed E-state index contributed by atoms with van der Waals surface area (Å²) in [4.78, 5) is 18.4. The Hall–Kier alpha value is -2.14. The molecule has 1 aliphatic rings. The zero-order valence-electron chi connectivity index (χ0n) is 14.6. The Kier molecular flexibility index (Phi) is 4.12. The fourth-order valence-electron chi connectivity index (χ4n) is 3.96. The van der Waals surface area contributed by atoms with Gasteiger partial charge < -0.3 is 5.11 Å². The lowest BCUT2D eigenvalue weighted by atomic mass is 9.89. The number of fused-ring (bicyclic) bond motifs is 2. The first-order valence-electron chi connectivity index (χ1n) is 8.92. The second-order valence-corrected chi connectivity index (χ2v) is 7.93. The Morgan fingerprint density at radius 2 is 2.00 bits per heavy atom. The molecule has 0 atom stereocenters. The van der Waals surface area contributed by atoms with Crippen LogP contribution in [0.1, 0.15) is 47.2 Å². The largest absolute Gasteiger partial charge is 0.481 e. The second-order valence-electron chi connectivity index (χ2n) is 6.74. The summed E-state index contributed by atoms with van der Waals surface area (Å²) < 4.78 is 2.07. The third-order valence-corrected chi connectivity index (χ3v) is 6.14. The van der Waals surface area contributed by atoms with Crippen LogP contribution in [0, 0.1) is 6.92 Å². The first-order valence-corrected chi connectivity index (χ1v) is 9.73. The number of hydrogen-bond acceptors (Lipinski definition) is 3. The van der Waals surface area contributed by atoms with E-state index >= 15 is 0 Å². The normalized spacial score (nSPS) is 14.0. The molecule has 0 bridgehead atoms. The summed E-state index contributed by atoms with van der Waals surface area (Å²) in [6, 6.07) is 6.54. The molecule has 2 aromatic heterocycles. The fraction of sp³-hybridized carbons (Fsp3) is 0.400. The summed E-state index contributed by atoms with van der Waals surface area (Å²) in [6.45, 7) is 4.19. The highest BCUT2D eigenvalue weighted by Gasteiger charge is 2.22. The van der Waals surface area contributed by atoms with Crippen LogP contribution in [0.2, 0.25) is 0 Å². The van der Waals surface area contributed by atoms with E-state index in [2.05, 4.69) is 36.4 Å². The molecule has 0 radical (unpaired) electrons. The van der Waals surface area contributed by atoms with Gasteiger partial charge in [0.05, 0.1) is 17.8 Å². The minimum atomic E-state index is -0.813. The number of rotatable bonds is 4. The van der Waals surface area contributed by atoms with E-state index in [1.54, 1.807) is 11.3 Å². The predicted molar refractivity (Wildman–Crippen MR) is 101 cm³/mol. The van der Waals surface area contributed by atoms with Crippen LogP contribution in [0.4, 0.5) is 0 Å². The number of hydrogen-bond donors (Lipinski definition) is 1. The zero-order valence-corrected chi connectivity index (χ0v) is 15.4. The molecule has 5 heteroatoms. The van der Waals surface area contributed by atoms with Gasteiger partial charge in [-0.15, -0.1) is 11.3 Å². The predicted octanol–water partition coefficient (Wildman–Crippen LogP) is 4.44. The van der Waals surface area contributed by atoms with E-state index < -0.39 is 5.97 Å². The van der Waals surface area contributed by atoms with Crippen molar-refractivity contribution in [1.82, 2.24) is 9.38 Å². The molecule has 2 heterocycles. The third kappa shape index (κ3) is 2.76. The number of carboxylic acid groups (broad SMARTS) is 1. The molecular weight excluding hydrogens is 332 g/mol. The Balaban J connectivity index is 1.92. The van der Waals surface area contributed by atoms with Crippen molar-refractivity contribution in [1.29, 1.82) is 0 Å². The van der Waals surface area contributed by atoms with Gasteiger partial charge >= 0.3 is 5.97 Å². The minimum absolute atomic E-state index is 0.00322. The number of nitrogens with zero attached hydrogens (tertiary/aromatic N) is 2. The van der Waals surface area contributed by atoms with E-state index in [1.807, 2.05) is 0 Å². The molecule has 1 aliphatic carbocycles. The maximum absolute atomic E-state index is 11.5. The van der Waals surface area contributed by atoms with Crippen LogP contribution in [0.25, 0.3) is 16.2 Å². The van der Waals surface area contributed by atoms with Crippen molar-refractivity contribution in [3.8, 4) is 11.3 Å². The standard InChI is InChI=1S/C20H22N2O2S/c1-3-16-12(2)25-20-21-19(17(22(16)20)11-18(23)24)15-9-8-13-6-4-5-7-14(13)10-15/h8-10H,3-7,11H2,1-2H3,(H,23,24). The highest BCUT2D eigenvalue weighted by molar-refractivity contribution is 7.17. The number of aromatic nitrogens is 2. The molecule has 0 aliphatic heterocycles. The van der Waals surface area contributed by atoms with Gasteiger partial charge in [-0.2, -0.15) is 0 Å². The van der Waals surface area contributed by atoms with Crippen LogP contribution in [-0.4, -0.2) is 20.5 Å². The molecule has 4 rings (SSSR count). The van der Waals surface area contributed by atoms with E-state index in [-0.39, 0.29) is 6.42 Å². The molecule has 0 saturated carbocycles. The second kappa shape index (κ2) is 6.30. The van der Waals surface area contributed by atoms with Gasteiger partial charge in [0.25, 0.3) is 0 Å². The van der Waals surface area contributed by atoms with Gasteiger partial charge in [0.1, 0.15) is 0 Å². The van der Waals surface area contributed by atoms with Gasteiger partial charge in [0.15, 0.2) is 4.96 Å². The topological polar surface area (TPSA) is 54.6 Å². The number of imidazole rings is 1. The quantitative estimate of drug-likeness (QED) is 0.753. The fourth-order valence-corrected chi connectivity index (χ4v) is 5.03. The first-order chi connectivity index (χ1) is 12.1. The maximum atomic E-state index is 11.5. The minimum Gasteiger partial charge on any atom is -0.481 e. The summed E-state index contributed by atoms with van der Waals surface area (Å²) in [5, 5.41) is 9.44. The number of benzene rings is 1. The molecule has 1 aromatic carbocycles. The summed E-state index contributed by atoms with van der Waals surface area (Å²) in [5.74, 6) is -0.813. The van der Waals surface area contributed by atoms with Crippen molar-refractivity contribution in [3.63, 3.8) is 0 Å². The Morgan fingerprint density at radius 1 is 1.24 bits per heavy atom. The Morgan fingerprint density at radius 3 is 2.72 bits per heavy atom. The van der Waals surface area contributed by atoms with Crippen molar-refractivity contribution in [3.05, 3.63) is 45.6 Å². The van der Waals surface area contributed by atoms with Crippen LogP contribution in [0.5, 0.6) is 0 Å². The summed E-state index contributed by atoms with van der Waals surface area (Å²) in [7, 11) is 0. The molecule has 130 valence electrons. The maximum Gasteiger partial charge on any atom is 0.309 e. The zero-order chi connectivity index (χ0) is 17.6. The molecule has 1 N–H and O–H groups in total. The number of carboxylic acids is 1. The van der Waals surface area contributed by atoms with E-state index in [1.165, 1.54) is 34.5 Å². The van der Waals surface area contributed by atoms with Gasteiger partial charge in [-0.3, -0.25) is 9.20 Å².